The van der Waals surface area contributed by atoms with Crippen LogP contribution >= 0.6 is 11.6 Å². The smallest absolute Gasteiger partial charge is 0.335 e. The number of carboxylic acids is 1. The molecule has 98 valence electrons. The average molecular weight is 269 g/mol. The molecule has 0 bridgehead atoms. The van der Waals surface area contributed by atoms with Crippen LogP contribution in [0.5, 0.6) is 0 Å². The van der Waals surface area contributed by atoms with E-state index in [1.807, 2.05) is 0 Å². The lowest BCUT2D eigenvalue weighted by Gasteiger charge is -2.22. The van der Waals surface area contributed by atoms with Crippen LogP contribution in [0.2, 0.25) is 5.02 Å². The van der Waals surface area contributed by atoms with E-state index in [1.165, 1.54) is 25.3 Å². The van der Waals surface area contributed by atoms with Crippen molar-refractivity contribution < 1.29 is 14.6 Å². The molecule has 4 heteroatoms. The van der Waals surface area contributed by atoms with E-state index in [9.17, 15) is 4.79 Å². The van der Waals surface area contributed by atoms with Crippen LogP contribution in [0.15, 0.2) is 18.2 Å². The maximum Gasteiger partial charge on any atom is 0.335 e. The predicted octanol–water partition coefficient (Wildman–Crippen LogP) is 3.89. The van der Waals surface area contributed by atoms with Crippen LogP contribution in [0, 0.1) is 0 Å². The largest absolute Gasteiger partial charge is 0.478 e. The topological polar surface area (TPSA) is 46.5 Å². The SMILES string of the molecule is O=C(O)c1ccc(COC2CCCCC2)c(Cl)c1. The van der Waals surface area contributed by atoms with Gasteiger partial charge in [-0.3, -0.25) is 0 Å². The van der Waals surface area contributed by atoms with Crippen molar-refractivity contribution in [3.63, 3.8) is 0 Å². The van der Waals surface area contributed by atoms with E-state index in [1.54, 1.807) is 12.1 Å². The molecule has 0 spiro atoms. The number of ether oxygens (including phenoxy) is 1. The van der Waals surface area contributed by atoms with E-state index in [2.05, 4.69) is 0 Å². The van der Waals surface area contributed by atoms with Crippen LogP contribution in [-0.4, -0.2) is 17.2 Å². The summed E-state index contributed by atoms with van der Waals surface area (Å²) in [6.45, 7) is 0.462. The second-order valence-electron chi connectivity index (χ2n) is 4.68. The lowest BCUT2D eigenvalue weighted by molar-refractivity contribution is 0.0169. The van der Waals surface area contributed by atoms with Crippen LogP contribution < -0.4 is 0 Å². The van der Waals surface area contributed by atoms with Gasteiger partial charge in [-0.1, -0.05) is 36.9 Å². The summed E-state index contributed by atoms with van der Waals surface area (Å²) in [6.07, 6.45) is 6.32. The molecule has 1 saturated carbocycles. The summed E-state index contributed by atoms with van der Waals surface area (Å²) in [6, 6.07) is 4.77. The molecule has 2 rings (SSSR count). The van der Waals surface area contributed by atoms with Crippen LogP contribution in [0.1, 0.15) is 48.0 Å². The molecular weight excluding hydrogens is 252 g/mol. The van der Waals surface area contributed by atoms with Gasteiger partial charge in [0.05, 0.1) is 18.3 Å². The first-order chi connectivity index (χ1) is 8.66. The second-order valence-corrected chi connectivity index (χ2v) is 5.09. The molecule has 0 atom stereocenters. The summed E-state index contributed by atoms with van der Waals surface area (Å²) in [7, 11) is 0. The Kier molecular flexibility index (Phi) is 4.61. The molecule has 0 aromatic heterocycles. The van der Waals surface area contributed by atoms with Crippen molar-refractivity contribution >= 4 is 17.6 Å². The van der Waals surface area contributed by atoms with Crippen molar-refractivity contribution in [3.05, 3.63) is 34.3 Å². The summed E-state index contributed by atoms with van der Waals surface area (Å²) in [5, 5.41) is 9.31. The third kappa shape index (κ3) is 3.47. The van der Waals surface area contributed by atoms with Gasteiger partial charge in [0.2, 0.25) is 0 Å². The van der Waals surface area contributed by atoms with Gasteiger partial charge in [-0.2, -0.15) is 0 Å². The number of rotatable bonds is 4. The highest BCUT2D eigenvalue weighted by atomic mass is 35.5. The molecule has 3 nitrogen and oxygen atoms in total. The minimum atomic E-state index is -0.961. The van der Waals surface area contributed by atoms with Gasteiger partial charge in [0.15, 0.2) is 0 Å². The summed E-state index contributed by atoms with van der Waals surface area (Å²) < 4.78 is 5.82. The number of hydrogen-bond donors (Lipinski definition) is 1. The molecular formula is C14H17ClO3. The van der Waals surface area contributed by atoms with Crippen molar-refractivity contribution in [3.8, 4) is 0 Å². The first-order valence-electron chi connectivity index (χ1n) is 6.30. The standard InChI is InChI=1S/C14H17ClO3/c15-13-8-10(14(16)17)6-7-11(13)9-18-12-4-2-1-3-5-12/h6-8,12H,1-5,9H2,(H,16,17). The zero-order valence-corrected chi connectivity index (χ0v) is 10.9. The van der Waals surface area contributed by atoms with Crippen LogP contribution in [0.4, 0.5) is 0 Å². The molecule has 1 fully saturated rings. The van der Waals surface area contributed by atoms with Gasteiger partial charge < -0.3 is 9.84 Å². The van der Waals surface area contributed by atoms with Crippen molar-refractivity contribution in [1.82, 2.24) is 0 Å². The summed E-state index contributed by atoms with van der Waals surface area (Å²) in [5.74, 6) is -0.961. The Morgan fingerprint density at radius 1 is 1.33 bits per heavy atom. The number of halogens is 1. The van der Waals surface area contributed by atoms with E-state index < -0.39 is 5.97 Å². The maximum absolute atomic E-state index is 10.8. The fourth-order valence-electron chi connectivity index (χ4n) is 2.24. The lowest BCUT2D eigenvalue weighted by atomic mass is 9.98. The zero-order chi connectivity index (χ0) is 13.0. The van der Waals surface area contributed by atoms with E-state index in [0.29, 0.717) is 17.7 Å². The van der Waals surface area contributed by atoms with Crippen LogP contribution in [-0.2, 0) is 11.3 Å². The van der Waals surface area contributed by atoms with Gasteiger partial charge in [-0.05, 0) is 30.5 Å². The van der Waals surface area contributed by atoms with Gasteiger partial charge >= 0.3 is 5.97 Å². The van der Waals surface area contributed by atoms with E-state index >= 15 is 0 Å². The molecule has 1 aliphatic rings. The summed E-state index contributed by atoms with van der Waals surface area (Å²) in [4.78, 5) is 10.8. The van der Waals surface area contributed by atoms with Gasteiger partial charge in [-0.25, -0.2) is 4.79 Å². The Morgan fingerprint density at radius 3 is 2.67 bits per heavy atom. The minimum Gasteiger partial charge on any atom is -0.478 e. The fourth-order valence-corrected chi connectivity index (χ4v) is 2.47. The van der Waals surface area contributed by atoms with E-state index in [4.69, 9.17) is 21.4 Å². The van der Waals surface area contributed by atoms with Crippen molar-refractivity contribution in [2.24, 2.45) is 0 Å². The van der Waals surface area contributed by atoms with Crippen molar-refractivity contribution in [2.45, 2.75) is 44.8 Å². The minimum absolute atomic E-state index is 0.210. The molecule has 0 unspecified atom stereocenters. The Bertz CT molecular complexity index is 425. The maximum atomic E-state index is 10.8. The first-order valence-corrected chi connectivity index (χ1v) is 6.68. The van der Waals surface area contributed by atoms with E-state index in [0.717, 1.165) is 18.4 Å². The predicted molar refractivity (Wildman–Crippen MR) is 70.1 cm³/mol. The lowest BCUT2D eigenvalue weighted by Crippen LogP contribution is -2.16. The molecule has 0 heterocycles. The van der Waals surface area contributed by atoms with Crippen molar-refractivity contribution in [1.29, 1.82) is 0 Å². The molecule has 1 aromatic rings. The molecule has 18 heavy (non-hydrogen) atoms. The second kappa shape index (κ2) is 6.21. The Hall–Kier alpha value is -1.06. The Balaban J connectivity index is 1.94. The normalized spacial score (nSPS) is 16.7. The molecule has 0 amide bonds. The van der Waals surface area contributed by atoms with Gasteiger partial charge in [-0.15, -0.1) is 0 Å². The molecule has 0 radical (unpaired) electrons. The van der Waals surface area contributed by atoms with E-state index in [-0.39, 0.29) is 5.56 Å². The van der Waals surface area contributed by atoms with Gasteiger partial charge in [0.25, 0.3) is 0 Å². The van der Waals surface area contributed by atoms with Gasteiger partial charge in [0.1, 0.15) is 0 Å². The molecule has 0 saturated heterocycles. The highest BCUT2D eigenvalue weighted by Gasteiger charge is 2.14. The van der Waals surface area contributed by atoms with Crippen molar-refractivity contribution in [2.75, 3.05) is 0 Å². The third-order valence-corrected chi connectivity index (χ3v) is 3.68. The molecule has 1 aliphatic carbocycles. The monoisotopic (exact) mass is 268 g/mol. The quantitative estimate of drug-likeness (QED) is 0.901. The number of benzene rings is 1. The molecule has 1 aromatic carbocycles. The average Bonchev–Trinajstić information content (AvgIpc) is 2.38. The van der Waals surface area contributed by atoms with Crippen LogP contribution in [0.3, 0.4) is 0 Å². The fraction of sp³-hybridized carbons (Fsp3) is 0.500. The Morgan fingerprint density at radius 2 is 2.06 bits per heavy atom. The number of aromatic carboxylic acids is 1. The molecule has 1 N–H and O–H groups in total. The van der Waals surface area contributed by atoms with Crippen LogP contribution in [0.25, 0.3) is 0 Å². The highest BCUT2D eigenvalue weighted by molar-refractivity contribution is 6.31. The Labute approximate surface area is 112 Å². The number of hydrogen-bond acceptors (Lipinski definition) is 2. The zero-order valence-electron chi connectivity index (χ0n) is 10.2. The first kappa shape index (κ1) is 13.4. The summed E-state index contributed by atoms with van der Waals surface area (Å²) >= 11 is 6.05. The number of carboxylic acid groups (broad SMARTS) is 1. The third-order valence-electron chi connectivity index (χ3n) is 3.33. The van der Waals surface area contributed by atoms with Gasteiger partial charge in [0, 0.05) is 5.02 Å². The number of carbonyl (C=O) groups is 1. The summed E-state index contributed by atoms with van der Waals surface area (Å²) in [5.41, 5.74) is 1.06. The highest BCUT2D eigenvalue weighted by Crippen LogP contribution is 2.24. The molecule has 0 aliphatic heterocycles.